The number of rotatable bonds is 3. The summed E-state index contributed by atoms with van der Waals surface area (Å²) in [6.45, 7) is 0. The molecule has 0 saturated heterocycles. The minimum Gasteiger partial charge on any atom is -0.394 e. The van der Waals surface area contributed by atoms with Gasteiger partial charge in [0.15, 0.2) is 10.9 Å². The second kappa shape index (κ2) is 7.23. The van der Waals surface area contributed by atoms with Crippen molar-refractivity contribution in [2.75, 3.05) is 23.4 Å². The van der Waals surface area contributed by atoms with E-state index < -0.39 is 0 Å². The molecule has 0 spiro atoms. The third kappa shape index (κ3) is 3.87. The lowest BCUT2D eigenvalue weighted by Gasteiger charge is -2.25. The minimum absolute atomic E-state index is 0.569. The van der Waals surface area contributed by atoms with Crippen molar-refractivity contribution in [3.05, 3.63) is 36.8 Å². The molecule has 1 aliphatic rings. The van der Waals surface area contributed by atoms with Crippen molar-refractivity contribution in [2.24, 2.45) is 0 Å². The van der Waals surface area contributed by atoms with E-state index in [1.54, 1.807) is 24.6 Å². The summed E-state index contributed by atoms with van der Waals surface area (Å²) in [5, 5.41) is 7.37. The Morgan fingerprint density at radius 3 is 2.70 bits per heavy atom. The van der Waals surface area contributed by atoms with Crippen LogP contribution in [0.15, 0.2) is 36.8 Å². The maximum absolute atomic E-state index is 5.44. The fourth-order valence-corrected chi connectivity index (χ4v) is 3.15. The molecule has 1 aromatic carbocycles. The summed E-state index contributed by atoms with van der Waals surface area (Å²) in [5.41, 5.74) is 7.12. The quantitative estimate of drug-likeness (QED) is 0.683. The molecule has 0 aliphatic heterocycles. The van der Waals surface area contributed by atoms with Crippen molar-refractivity contribution in [1.29, 1.82) is 0 Å². The molecule has 2 aromatic heterocycles. The lowest BCUT2D eigenvalue weighted by molar-refractivity contribution is 0.445. The lowest BCUT2D eigenvalue weighted by atomic mass is 9.93. The van der Waals surface area contributed by atoms with E-state index in [-0.39, 0.29) is 0 Å². The molecule has 0 atom stereocenters. The number of hydrogen-bond acceptors (Lipinski definition) is 7. The highest BCUT2D eigenvalue weighted by Gasteiger charge is 2.18. The Morgan fingerprint density at radius 2 is 2.09 bits per heavy atom. The molecule has 3 aromatic rings. The molecular weight excluding hydrogens is 308 g/mol. The van der Waals surface area contributed by atoms with Gasteiger partial charge in [0.05, 0.1) is 22.1 Å². The summed E-state index contributed by atoms with van der Waals surface area (Å²) < 4.78 is 1.27. The molecule has 0 amide bonds. The van der Waals surface area contributed by atoms with Gasteiger partial charge in [-0.2, -0.15) is 0 Å². The average Bonchev–Trinajstić information content (AvgIpc) is 2.95. The number of nitrogens with zero attached hydrogens (tertiary/aromatic N) is 3. The first-order valence-corrected chi connectivity index (χ1v) is 8.43. The molecule has 1 aliphatic carbocycles. The Hall–Kier alpha value is -2.41. The monoisotopic (exact) mass is 328 g/mol. The largest absolute Gasteiger partial charge is 0.394 e. The zero-order chi connectivity index (χ0) is 16.1. The third-order valence-corrected chi connectivity index (χ3v) is 4.67. The van der Waals surface area contributed by atoms with Gasteiger partial charge >= 0.3 is 0 Å². The molecular formula is C16H20N6S. The van der Waals surface area contributed by atoms with Gasteiger partial charge in [-0.25, -0.2) is 15.0 Å². The van der Waals surface area contributed by atoms with E-state index >= 15 is 0 Å². The van der Waals surface area contributed by atoms with E-state index in [1.807, 2.05) is 6.07 Å². The van der Waals surface area contributed by atoms with E-state index in [0.29, 0.717) is 17.5 Å². The van der Waals surface area contributed by atoms with Crippen LogP contribution in [-0.2, 0) is 0 Å². The Balaban J connectivity index is 0.000000151. The zero-order valence-corrected chi connectivity index (χ0v) is 13.8. The van der Waals surface area contributed by atoms with Crippen molar-refractivity contribution < 1.29 is 0 Å². The highest BCUT2D eigenvalue weighted by atomic mass is 32.1. The van der Waals surface area contributed by atoms with Crippen LogP contribution in [0.1, 0.15) is 19.3 Å². The SMILES string of the molecule is CNc1ncncc1N.c1ccc2sc(NC3CCC3)nc2c1. The maximum atomic E-state index is 5.44. The van der Waals surface area contributed by atoms with Crippen LogP contribution in [0.2, 0.25) is 0 Å². The van der Waals surface area contributed by atoms with Crippen LogP contribution in [0, 0.1) is 0 Å². The number of nitrogens with two attached hydrogens (primary N) is 1. The molecule has 6 nitrogen and oxygen atoms in total. The highest BCUT2D eigenvalue weighted by molar-refractivity contribution is 7.22. The average molecular weight is 328 g/mol. The molecule has 2 heterocycles. The van der Waals surface area contributed by atoms with Crippen molar-refractivity contribution in [1.82, 2.24) is 15.0 Å². The summed E-state index contributed by atoms with van der Waals surface area (Å²) in [7, 11) is 1.76. The van der Waals surface area contributed by atoms with Crippen LogP contribution in [0.3, 0.4) is 0 Å². The number of nitrogen functional groups attached to an aromatic ring is 1. The van der Waals surface area contributed by atoms with Crippen LogP contribution in [-0.4, -0.2) is 28.0 Å². The fourth-order valence-electron chi connectivity index (χ4n) is 2.21. The molecule has 23 heavy (non-hydrogen) atoms. The summed E-state index contributed by atoms with van der Waals surface area (Å²) in [6.07, 6.45) is 6.97. The van der Waals surface area contributed by atoms with E-state index in [0.717, 1.165) is 10.6 Å². The Bertz CT molecular complexity index is 735. The van der Waals surface area contributed by atoms with Gasteiger partial charge in [-0.15, -0.1) is 0 Å². The highest BCUT2D eigenvalue weighted by Crippen LogP contribution is 2.29. The van der Waals surface area contributed by atoms with E-state index in [4.69, 9.17) is 5.73 Å². The topological polar surface area (TPSA) is 88.8 Å². The van der Waals surface area contributed by atoms with Crippen molar-refractivity contribution >= 4 is 38.2 Å². The van der Waals surface area contributed by atoms with Gasteiger partial charge in [-0.05, 0) is 31.4 Å². The van der Waals surface area contributed by atoms with Gasteiger partial charge in [-0.1, -0.05) is 23.5 Å². The van der Waals surface area contributed by atoms with Gasteiger partial charge in [0.1, 0.15) is 6.33 Å². The second-order valence-electron chi connectivity index (χ2n) is 5.34. The first-order chi connectivity index (χ1) is 11.3. The zero-order valence-electron chi connectivity index (χ0n) is 13.0. The predicted octanol–water partition coefficient (Wildman–Crippen LogP) is 3.36. The Labute approximate surface area is 139 Å². The van der Waals surface area contributed by atoms with Gasteiger partial charge in [0.25, 0.3) is 0 Å². The number of fused-ring (bicyclic) bond motifs is 1. The molecule has 4 rings (SSSR count). The summed E-state index contributed by atoms with van der Waals surface area (Å²) >= 11 is 1.75. The molecule has 1 fully saturated rings. The van der Waals surface area contributed by atoms with Gasteiger partial charge in [-0.3, -0.25) is 0 Å². The van der Waals surface area contributed by atoms with Gasteiger partial charge < -0.3 is 16.4 Å². The van der Waals surface area contributed by atoms with Crippen LogP contribution >= 0.6 is 11.3 Å². The molecule has 1 saturated carbocycles. The number of nitrogens with one attached hydrogen (secondary N) is 2. The lowest BCUT2D eigenvalue weighted by Crippen LogP contribution is -2.26. The second-order valence-corrected chi connectivity index (χ2v) is 6.37. The summed E-state index contributed by atoms with van der Waals surface area (Å²) in [5.74, 6) is 0.671. The van der Waals surface area contributed by atoms with E-state index in [2.05, 4.69) is 43.8 Å². The standard InChI is InChI=1S/C11H12N2S.C5H8N4/c1-2-7-10-9(6-1)13-11(14-10)12-8-4-3-5-8;1-7-5-4(6)2-8-3-9-5/h1-2,6-8H,3-5H2,(H,12,13);2-3H,6H2,1H3,(H,7,8,9). The maximum Gasteiger partial charge on any atom is 0.184 e. The molecule has 7 heteroatoms. The molecule has 0 radical (unpaired) electrons. The van der Waals surface area contributed by atoms with Crippen LogP contribution in [0.4, 0.5) is 16.6 Å². The molecule has 4 N–H and O–H groups in total. The summed E-state index contributed by atoms with van der Waals surface area (Å²) in [6, 6.07) is 8.97. The summed E-state index contributed by atoms with van der Waals surface area (Å²) in [4.78, 5) is 12.1. The number of thiazole rings is 1. The first kappa shape index (κ1) is 15.5. The van der Waals surface area contributed by atoms with E-state index in [9.17, 15) is 0 Å². The Kier molecular flexibility index (Phi) is 4.87. The molecule has 120 valence electrons. The fraction of sp³-hybridized carbons (Fsp3) is 0.312. The van der Waals surface area contributed by atoms with Gasteiger partial charge in [0, 0.05) is 13.1 Å². The number of para-hydroxylation sites is 1. The van der Waals surface area contributed by atoms with Crippen LogP contribution in [0.25, 0.3) is 10.2 Å². The first-order valence-electron chi connectivity index (χ1n) is 7.61. The van der Waals surface area contributed by atoms with Crippen molar-refractivity contribution in [2.45, 2.75) is 25.3 Å². The Morgan fingerprint density at radius 1 is 1.26 bits per heavy atom. The molecule has 0 unspecified atom stereocenters. The number of aromatic nitrogens is 3. The molecule has 0 bridgehead atoms. The van der Waals surface area contributed by atoms with Crippen LogP contribution in [0.5, 0.6) is 0 Å². The number of benzene rings is 1. The van der Waals surface area contributed by atoms with Crippen molar-refractivity contribution in [3.8, 4) is 0 Å². The smallest absolute Gasteiger partial charge is 0.184 e. The minimum atomic E-state index is 0.569. The number of hydrogen-bond donors (Lipinski definition) is 3. The van der Waals surface area contributed by atoms with Gasteiger partial charge in [0.2, 0.25) is 0 Å². The normalized spacial score (nSPS) is 13.8. The third-order valence-electron chi connectivity index (χ3n) is 3.70. The van der Waals surface area contributed by atoms with Crippen LogP contribution < -0.4 is 16.4 Å². The van der Waals surface area contributed by atoms with Crippen molar-refractivity contribution in [3.63, 3.8) is 0 Å². The predicted molar refractivity (Wildman–Crippen MR) is 96.9 cm³/mol. The van der Waals surface area contributed by atoms with E-state index in [1.165, 1.54) is 30.3 Å². The number of anilines is 3.